The summed E-state index contributed by atoms with van der Waals surface area (Å²) >= 11 is 8.72. The lowest BCUT2D eigenvalue weighted by Crippen LogP contribution is -2.46. The second kappa shape index (κ2) is 10.9. The van der Waals surface area contributed by atoms with E-state index in [2.05, 4.69) is 0 Å². The largest absolute Gasteiger partial charge is 0.497 e. The molecule has 2 aromatic carbocycles. The molecule has 1 aliphatic rings. The van der Waals surface area contributed by atoms with Gasteiger partial charge >= 0.3 is 0 Å². The van der Waals surface area contributed by atoms with Crippen LogP contribution in [0.5, 0.6) is 5.75 Å². The molecule has 1 fully saturated rings. The molecule has 200 valence electrons. The molecule has 4 aromatic rings. The number of primary amides is 1. The van der Waals surface area contributed by atoms with Crippen molar-refractivity contribution in [2.45, 2.75) is 24.9 Å². The monoisotopic (exact) mass is 582 g/mol. The van der Waals surface area contributed by atoms with Gasteiger partial charge in [0.25, 0.3) is 5.91 Å². The van der Waals surface area contributed by atoms with Crippen molar-refractivity contribution in [1.29, 1.82) is 0 Å². The number of methoxy groups -OCH3 is 1. The number of benzene rings is 2. The minimum Gasteiger partial charge on any atom is -0.497 e. The SMILES string of the molecule is COc1cccc(C2C(C(=O)c3ccc(Cl)s3)C(c3sccc3C)N(C(=O)c3cccc(F)c3)C2C(N)=O)c1. The minimum absolute atomic E-state index is 0.0529. The number of aryl methyl sites for hydroxylation is 1. The Bertz CT molecular complexity index is 1570. The van der Waals surface area contributed by atoms with E-state index in [1.807, 2.05) is 18.4 Å². The fourth-order valence-electron chi connectivity index (χ4n) is 5.38. The van der Waals surface area contributed by atoms with Gasteiger partial charge in [-0.05, 0) is 72.0 Å². The van der Waals surface area contributed by atoms with Crippen molar-refractivity contribution in [3.8, 4) is 5.75 Å². The number of nitrogens with two attached hydrogens (primary N) is 1. The number of nitrogens with zero attached hydrogens (tertiary/aromatic N) is 1. The van der Waals surface area contributed by atoms with Gasteiger partial charge in [0.1, 0.15) is 17.6 Å². The Morgan fingerprint density at radius 1 is 1.05 bits per heavy atom. The molecule has 0 bridgehead atoms. The minimum atomic E-state index is -1.20. The van der Waals surface area contributed by atoms with Gasteiger partial charge in [-0.2, -0.15) is 0 Å². The molecule has 39 heavy (non-hydrogen) atoms. The predicted octanol–water partition coefficient (Wildman–Crippen LogP) is 6.25. The molecule has 2 N–H and O–H groups in total. The summed E-state index contributed by atoms with van der Waals surface area (Å²) in [6, 6.07) is 15.5. The van der Waals surface area contributed by atoms with E-state index in [0.29, 0.717) is 20.5 Å². The maximum Gasteiger partial charge on any atom is 0.255 e. The number of carbonyl (C=O) groups excluding carboxylic acids is 3. The lowest BCUT2D eigenvalue weighted by molar-refractivity contribution is -0.122. The predicted molar refractivity (Wildman–Crippen MR) is 150 cm³/mol. The molecule has 4 atom stereocenters. The number of carbonyl (C=O) groups is 3. The van der Waals surface area contributed by atoms with E-state index in [1.54, 1.807) is 36.4 Å². The molecule has 4 unspecified atom stereocenters. The molecule has 1 aliphatic heterocycles. The molecule has 0 spiro atoms. The van der Waals surface area contributed by atoms with Crippen LogP contribution in [-0.4, -0.2) is 35.6 Å². The third-order valence-electron chi connectivity index (χ3n) is 7.03. The summed E-state index contributed by atoms with van der Waals surface area (Å²) in [5, 5.41) is 1.87. The number of likely N-dealkylation sites (tertiary alicyclic amines) is 1. The van der Waals surface area contributed by atoms with Gasteiger partial charge in [-0.15, -0.1) is 22.7 Å². The molecule has 10 heteroatoms. The van der Waals surface area contributed by atoms with Gasteiger partial charge in [0.2, 0.25) is 5.91 Å². The Kier molecular flexibility index (Phi) is 7.57. The van der Waals surface area contributed by atoms with Crippen molar-refractivity contribution in [2.24, 2.45) is 11.7 Å². The number of hydrogen-bond donors (Lipinski definition) is 1. The highest BCUT2D eigenvalue weighted by Crippen LogP contribution is 2.53. The van der Waals surface area contributed by atoms with E-state index in [4.69, 9.17) is 22.1 Å². The molecule has 1 saturated heterocycles. The summed E-state index contributed by atoms with van der Waals surface area (Å²) in [6.07, 6.45) is 0. The van der Waals surface area contributed by atoms with Gasteiger partial charge in [-0.3, -0.25) is 14.4 Å². The van der Waals surface area contributed by atoms with Crippen molar-refractivity contribution in [3.05, 3.63) is 109 Å². The van der Waals surface area contributed by atoms with E-state index >= 15 is 0 Å². The van der Waals surface area contributed by atoms with Gasteiger partial charge in [0.15, 0.2) is 5.78 Å². The summed E-state index contributed by atoms with van der Waals surface area (Å²) in [4.78, 5) is 44.2. The first kappa shape index (κ1) is 27.1. The topological polar surface area (TPSA) is 89.7 Å². The zero-order valence-corrected chi connectivity index (χ0v) is 23.4. The van der Waals surface area contributed by atoms with Crippen LogP contribution in [0.3, 0.4) is 0 Å². The third kappa shape index (κ3) is 4.97. The van der Waals surface area contributed by atoms with Gasteiger partial charge in [0, 0.05) is 16.4 Å². The number of thiophene rings is 2. The first-order valence-corrected chi connectivity index (χ1v) is 14.1. The fourth-order valence-corrected chi connectivity index (χ4v) is 7.49. The van der Waals surface area contributed by atoms with E-state index in [0.717, 1.165) is 27.8 Å². The van der Waals surface area contributed by atoms with Crippen LogP contribution in [0, 0.1) is 18.7 Å². The highest BCUT2D eigenvalue weighted by Gasteiger charge is 2.58. The Hall–Kier alpha value is -3.53. The molecule has 2 aromatic heterocycles. The van der Waals surface area contributed by atoms with E-state index < -0.39 is 41.6 Å². The number of ether oxygens (including phenoxy) is 1. The number of hydrogen-bond acceptors (Lipinski definition) is 6. The zero-order chi connectivity index (χ0) is 27.8. The van der Waals surface area contributed by atoms with Crippen LogP contribution in [0.4, 0.5) is 4.39 Å². The van der Waals surface area contributed by atoms with Gasteiger partial charge in [-0.25, -0.2) is 4.39 Å². The second-order valence-corrected chi connectivity index (χ2v) is 11.9. The molecule has 2 amide bonds. The number of amides is 2. The lowest BCUT2D eigenvalue weighted by Gasteiger charge is -2.30. The summed E-state index contributed by atoms with van der Waals surface area (Å²) in [5.41, 5.74) is 7.56. The number of ketones is 1. The molecule has 6 nitrogen and oxygen atoms in total. The first-order chi connectivity index (χ1) is 18.7. The molecule has 5 rings (SSSR count). The maximum absolute atomic E-state index is 14.3. The molecule has 0 radical (unpaired) electrons. The third-order valence-corrected chi connectivity index (χ3v) is 9.37. The van der Waals surface area contributed by atoms with Crippen LogP contribution in [-0.2, 0) is 4.79 Å². The summed E-state index contributed by atoms with van der Waals surface area (Å²) in [7, 11) is 1.52. The second-order valence-electron chi connectivity index (χ2n) is 9.28. The van der Waals surface area contributed by atoms with E-state index in [1.165, 1.54) is 41.5 Å². The van der Waals surface area contributed by atoms with E-state index in [9.17, 15) is 18.8 Å². The average Bonchev–Trinajstić information content (AvgIpc) is 3.64. The molecule has 3 heterocycles. The molecule has 0 aliphatic carbocycles. The van der Waals surface area contributed by atoms with Gasteiger partial charge in [0.05, 0.1) is 28.3 Å². The Morgan fingerprint density at radius 2 is 1.82 bits per heavy atom. The lowest BCUT2D eigenvalue weighted by atomic mass is 9.78. The van der Waals surface area contributed by atoms with Crippen LogP contribution in [0.2, 0.25) is 4.34 Å². The maximum atomic E-state index is 14.3. The fraction of sp³-hybridized carbons (Fsp3) is 0.207. The first-order valence-electron chi connectivity index (χ1n) is 12.1. The quantitative estimate of drug-likeness (QED) is 0.261. The normalized spacial score (nSPS) is 20.7. The van der Waals surface area contributed by atoms with Crippen LogP contribution < -0.4 is 10.5 Å². The zero-order valence-electron chi connectivity index (χ0n) is 21.0. The van der Waals surface area contributed by atoms with Crippen LogP contribution in [0.25, 0.3) is 0 Å². The summed E-state index contributed by atoms with van der Waals surface area (Å²) in [5.74, 6) is -3.40. The Balaban J connectivity index is 1.79. The standard InChI is InChI=1S/C29H24ClFN2O4S2/c1-15-11-12-38-27(15)24-23(26(34)20-9-10-21(30)39-20)22(16-5-4-8-19(14-16)37-2)25(28(32)35)33(24)29(36)17-6-3-7-18(31)13-17/h3-14,22-25H,1-2H3,(H2,32,35). The van der Waals surface area contributed by atoms with Crippen molar-refractivity contribution >= 4 is 51.9 Å². The van der Waals surface area contributed by atoms with Crippen molar-refractivity contribution in [1.82, 2.24) is 4.90 Å². The summed E-state index contributed by atoms with van der Waals surface area (Å²) < 4.78 is 20.1. The smallest absolute Gasteiger partial charge is 0.255 e. The Labute approximate surface area is 237 Å². The number of Topliss-reactive ketones (excluding diaryl/α,β-unsaturated/α-hetero) is 1. The van der Waals surface area contributed by atoms with Crippen molar-refractivity contribution in [2.75, 3.05) is 7.11 Å². The highest BCUT2D eigenvalue weighted by atomic mass is 35.5. The molecule has 0 saturated carbocycles. The Morgan fingerprint density at radius 3 is 2.44 bits per heavy atom. The molecular weight excluding hydrogens is 559 g/mol. The van der Waals surface area contributed by atoms with Gasteiger partial charge in [-0.1, -0.05) is 29.8 Å². The van der Waals surface area contributed by atoms with E-state index in [-0.39, 0.29) is 11.3 Å². The molecular formula is C29H24ClFN2O4S2. The van der Waals surface area contributed by atoms with Crippen LogP contribution in [0.15, 0.2) is 72.1 Å². The van der Waals surface area contributed by atoms with Crippen LogP contribution in [0.1, 0.15) is 48.0 Å². The highest BCUT2D eigenvalue weighted by molar-refractivity contribution is 7.18. The number of rotatable bonds is 7. The average molecular weight is 583 g/mol. The summed E-state index contributed by atoms with van der Waals surface area (Å²) in [6.45, 7) is 1.89. The van der Waals surface area contributed by atoms with Gasteiger partial charge < -0.3 is 15.4 Å². The number of halogens is 2. The van der Waals surface area contributed by atoms with Crippen molar-refractivity contribution < 1.29 is 23.5 Å². The van der Waals surface area contributed by atoms with Crippen molar-refractivity contribution in [3.63, 3.8) is 0 Å². The van der Waals surface area contributed by atoms with Crippen LogP contribution >= 0.6 is 34.3 Å².